The average Bonchev–Trinajstić information content (AvgIpc) is 2.86. The van der Waals surface area contributed by atoms with Gasteiger partial charge in [0.25, 0.3) is 5.91 Å². The van der Waals surface area contributed by atoms with Crippen molar-refractivity contribution in [3.05, 3.63) is 21.3 Å². The Balaban J connectivity index is 2.09. The van der Waals surface area contributed by atoms with Crippen molar-refractivity contribution in [1.29, 1.82) is 0 Å². The molecular formula is C18H26IN3O4. The first-order valence-corrected chi connectivity index (χ1v) is 9.58. The van der Waals surface area contributed by atoms with Crippen molar-refractivity contribution in [3.8, 4) is 11.5 Å². The monoisotopic (exact) mass is 475 g/mol. The first-order valence-electron chi connectivity index (χ1n) is 8.50. The average molecular weight is 475 g/mol. The van der Waals surface area contributed by atoms with Crippen LogP contribution < -0.4 is 9.47 Å². The number of rotatable bonds is 5. The molecule has 0 unspecified atom stereocenters. The van der Waals surface area contributed by atoms with Crippen molar-refractivity contribution < 1.29 is 19.1 Å². The zero-order valence-electron chi connectivity index (χ0n) is 15.7. The third kappa shape index (κ3) is 5.00. The van der Waals surface area contributed by atoms with Gasteiger partial charge in [0.1, 0.15) is 0 Å². The molecule has 0 aliphatic carbocycles. The summed E-state index contributed by atoms with van der Waals surface area (Å²) in [5.41, 5.74) is 0.612. The van der Waals surface area contributed by atoms with E-state index < -0.39 is 0 Å². The molecule has 1 aromatic carbocycles. The van der Waals surface area contributed by atoms with E-state index in [2.05, 4.69) is 27.5 Å². The van der Waals surface area contributed by atoms with Gasteiger partial charge < -0.3 is 19.3 Å². The summed E-state index contributed by atoms with van der Waals surface area (Å²) in [6.45, 7) is 3.17. The fourth-order valence-electron chi connectivity index (χ4n) is 2.85. The Kier molecular flexibility index (Phi) is 7.51. The number of methoxy groups -OCH3 is 2. The van der Waals surface area contributed by atoms with Gasteiger partial charge in [-0.2, -0.15) is 0 Å². The molecule has 0 saturated carbocycles. The molecule has 0 bridgehead atoms. The van der Waals surface area contributed by atoms with Gasteiger partial charge in [0.15, 0.2) is 11.5 Å². The maximum atomic E-state index is 13.0. The van der Waals surface area contributed by atoms with Gasteiger partial charge in [-0.1, -0.05) is 0 Å². The summed E-state index contributed by atoms with van der Waals surface area (Å²) < 4.78 is 11.4. The summed E-state index contributed by atoms with van der Waals surface area (Å²) in [6.07, 6.45) is 0.844. The molecule has 1 aromatic rings. The lowest BCUT2D eigenvalue weighted by Gasteiger charge is -2.23. The van der Waals surface area contributed by atoms with E-state index in [-0.39, 0.29) is 11.8 Å². The minimum atomic E-state index is -0.0175. The van der Waals surface area contributed by atoms with E-state index in [9.17, 15) is 9.59 Å². The van der Waals surface area contributed by atoms with Gasteiger partial charge in [-0.25, -0.2) is 0 Å². The lowest BCUT2D eigenvalue weighted by molar-refractivity contribution is -0.129. The van der Waals surface area contributed by atoms with Crippen LogP contribution in [0.4, 0.5) is 0 Å². The fraction of sp³-hybridized carbons (Fsp3) is 0.556. The van der Waals surface area contributed by atoms with Gasteiger partial charge in [0, 0.05) is 43.8 Å². The zero-order valence-corrected chi connectivity index (χ0v) is 17.9. The Bertz CT molecular complexity index is 666. The smallest absolute Gasteiger partial charge is 0.255 e. The Hall–Kier alpha value is -1.55. The Morgan fingerprint density at radius 2 is 1.73 bits per heavy atom. The molecule has 8 heteroatoms. The molecule has 1 heterocycles. The van der Waals surface area contributed by atoms with Crippen LogP contribution in [0, 0.1) is 3.57 Å². The van der Waals surface area contributed by atoms with Gasteiger partial charge in [-0.05, 0) is 41.1 Å². The molecule has 2 amide bonds. The highest BCUT2D eigenvalue weighted by Crippen LogP contribution is 2.32. The van der Waals surface area contributed by atoms with E-state index in [1.54, 1.807) is 39.3 Å². The molecule has 1 aliphatic rings. The third-order valence-corrected chi connectivity index (χ3v) is 5.33. The number of carbonyl (C=O) groups excluding carboxylic acids is 2. The summed E-state index contributed by atoms with van der Waals surface area (Å²) in [6, 6.07) is 3.55. The van der Waals surface area contributed by atoms with E-state index in [0.29, 0.717) is 43.2 Å². The molecule has 0 aromatic heterocycles. The number of ether oxygens (including phenoxy) is 2. The quantitative estimate of drug-likeness (QED) is 0.605. The van der Waals surface area contributed by atoms with Crippen LogP contribution in [0.3, 0.4) is 0 Å². The number of carbonyl (C=O) groups is 2. The van der Waals surface area contributed by atoms with Gasteiger partial charge in [-0.15, -0.1) is 0 Å². The van der Waals surface area contributed by atoms with E-state index in [1.165, 1.54) is 0 Å². The van der Waals surface area contributed by atoms with Crippen LogP contribution in [0.2, 0.25) is 0 Å². The molecule has 1 saturated heterocycles. The van der Waals surface area contributed by atoms with Crippen LogP contribution >= 0.6 is 22.6 Å². The Morgan fingerprint density at radius 3 is 2.35 bits per heavy atom. The minimum Gasteiger partial charge on any atom is -0.493 e. The van der Waals surface area contributed by atoms with Gasteiger partial charge >= 0.3 is 0 Å². The maximum absolute atomic E-state index is 13.0. The first kappa shape index (κ1) is 20.8. The predicted octanol–water partition coefficient (Wildman–Crippen LogP) is 1.54. The van der Waals surface area contributed by atoms with E-state index in [4.69, 9.17) is 9.47 Å². The summed E-state index contributed by atoms with van der Waals surface area (Å²) in [7, 11) is 6.66. The second-order valence-electron chi connectivity index (χ2n) is 6.40. The summed E-state index contributed by atoms with van der Waals surface area (Å²) in [5.74, 6) is 1.22. The second-order valence-corrected chi connectivity index (χ2v) is 7.56. The van der Waals surface area contributed by atoms with Gasteiger partial charge in [0.05, 0.1) is 26.3 Å². The maximum Gasteiger partial charge on any atom is 0.255 e. The van der Waals surface area contributed by atoms with Crippen molar-refractivity contribution in [1.82, 2.24) is 14.7 Å². The van der Waals surface area contributed by atoms with Crippen LogP contribution in [0.5, 0.6) is 11.5 Å². The summed E-state index contributed by atoms with van der Waals surface area (Å²) in [5, 5.41) is 0. The van der Waals surface area contributed by atoms with Gasteiger partial charge in [0.2, 0.25) is 5.91 Å². The standard InChI is InChI=1S/C18H26IN3O4/c1-20(2)17(23)12-21-6-5-7-22(9-8-21)18(24)13-10-15(25-3)16(26-4)11-14(13)19/h10-11H,5-9,12H2,1-4H3. The number of likely N-dealkylation sites (N-methyl/N-ethyl adjacent to an activating group) is 1. The molecule has 7 nitrogen and oxygen atoms in total. The van der Waals surface area contributed by atoms with Crippen molar-refractivity contribution >= 4 is 34.4 Å². The third-order valence-electron chi connectivity index (χ3n) is 4.44. The molecule has 0 radical (unpaired) electrons. The molecule has 26 heavy (non-hydrogen) atoms. The number of hydrogen-bond donors (Lipinski definition) is 0. The predicted molar refractivity (Wildman–Crippen MR) is 108 cm³/mol. The molecule has 0 atom stereocenters. The molecular weight excluding hydrogens is 449 g/mol. The largest absolute Gasteiger partial charge is 0.493 e. The number of benzene rings is 1. The molecule has 0 spiro atoms. The van der Waals surface area contributed by atoms with E-state index >= 15 is 0 Å². The molecule has 0 N–H and O–H groups in total. The highest BCUT2D eigenvalue weighted by atomic mass is 127. The summed E-state index contributed by atoms with van der Waals surface area (Å²) in [4.78, 5) is 30.5. The Morgan fingerprint density at radius 1 is 1.08 bits per heavy atom. The lowest BCUT2D eigenvalue weighted by Crippen LogP contribution is -2.39. The SMILES string of the molecule is COc1cc(I)c(C(=O)N2CCCN(CC(=O)N(C)C)CC2)cc1OC. The van der Waals surface area contributed by atoms with Crippen molar-refractivity contribution in [3.63, 3.8) is 0 Å². The molecule has 1 aliphatic heterocycles. The molecule has 1 fully saturated rings. The van der Waals surface area contributed by atoms with Crippen molar-refractivity contribution in [2.24, 2.45) is 0 Å². The van der Waals surface area contributed by atoms with Crippen LogP contribution in [0.15, 0.2) is 12.1 Å². The number of nitrogens with zero attached hydrogens (tertiary/aromatic N) is 3. The van der Waals surface area contributed by atoms with E-state index in [1.807, 2.05) is 11.0 Å². The van der Waals surface area contributed by atoms with Crippen LogP contribution in [-0.4, -0.2) is 87.6 Å². The topological polar surface area (TPSA) is 62.3 Å². The normalized spacial score (nSPS) is 15.3. The van der Waals surface area contributed by atoms with Crippen LogP contribution in [-0.2, 0) is 4.79 Å². The number of halogens is 1. The van der Waals surface area contributed by atoms with Crippen molar-refractivity contribution in [2.75, 3.05) is 61.0 Å². The second kappa shape index (κ2) is 9.40. The van der Waals surface area contributed by atoms with Crippen LogP contribution in [0.25, 0.3) is 0 Å². The highest BCUT2D eigenvalue weighted by Gasteiger charge is 2.24. The number of hydrogen-bond acceptors (Lipinski definition) is 5. The van der Waals surface area contributed by atoms with Gasteiger partial charge in [-0.3, -0.25) is 14.5 Å². The minimum absolute atomic E-state index is 0.0175. The fourth-order valence-corrected chi connectivity index (χ4v) is 3.52. The molecule has 2 rings (SSSR count). The molecule has 144 valence electrons. The highest BCUT2D eigenvalue weighted by molar-refractivity contribution is 14.1. The summed E-state index contributed by atoms with van der Waals surface area (Å²) >= 11 is 2.15. The lowest BCUT2D eigenvalue weighted by atomic mass is 10.1. The van der Waals surface area contributed by atoms with E-state index in [0.717, 1.165) is 16.5 Å². The number of amides is 2. The van der Waals surface area contributed by atoms with Crippen molar-refractivity contribution in [2.45, 2.75) is 6.42 Å². The Labute approximate surface area is 168 Å². The first-order chi connectivity index (χ1) is 12.4. The van der Waals surface area contributed by atoms with Crippen LogP contribution in [0.1, 0.15) is 16.8 Å². The zero-order chi connectivity index (χ0) is 19.3.